The van der Waals surface area contributed by atoms with Crippen molar-refractivity contribution in [3.05, 3.63) is 28.8 Å². The number of amides is 1. The number of ether oxygens (including phenoxy) is 1. The van der Waals surface area contributed by atoms with Gasteiger partial charge in [0.1, 0.15) is 11.8 Å². The zero-order valence-corrected chi connectivity index (χ0v) is 16.5. The molecule has 3 rings (SSSR count). The zero-order valence-electron chi connectivity index (χ0n) is 16.5. The van der Waals surface area contributed by atoms with E-state index in [1.165, 1.54) is 0 Å². The Bertz CT molecular complexity index is 687. The van der Waals surface area contributed by atoms with E-state index in [0.717, 1.165) is 67.9 Å². The molecule has 6 nitrogen and oxygen atoms in total. The first-order valence-electron chi connectivity index (χ1n) is 9.80. The average molecular weight is 374 g/mol. The van der Waals surface area contributed by atoms with Crippen LogP contribution < -0.4 is 4.74 Å². The minimum Gasteiger partial charge on any atom is -0.496 e. The van der Waals surface area contributed by atoms with Gasteiger partial charge in [0.2, 0.25) is 5.91 Å². The fourth-order valence-electron chi connectivity index (χ4n) is 4.58. The van der Waals surface area contributed by atoms with E-state index in [1.807, 2.05) is 30.9 Å². The van der Waals surface area contributed by atoms with E-state index in [1.54, 1.807) is 7.11 Å². The standard InChI is InChI=1S/C21H30N2O4/c1-14-11-17(12-15(2)20(14)27-3)19(21(25)26)22-9-6-16(7-10-22)13-23-8-4-5-18(23)24/h11-12,16,19H,4-10,13H2,1-3H3,(H,25,26)/t19-/m0/s1. The summed E-state index contributed by atoms with van der Waals surface area (Å²) in [6.07, 6.45) is 3.51. The Morgan fingerprint density at radius 2 is 1.85 bits per heavy atom. The number of hydrogen-bond acceptors (Lipinski definition) is 4. The van der Waals surface area contributed by atoms with Gasteiger partial charge in [0, 0.05) is 19.5 Å². The van der Waals surface area contributed by atoms with E-state index in [4.69, 9.17) is 4.74 Å². The topological polar surface area (TPSA) is 70.1 Å². The molecule has 2 aliphatic rings. The minimum atomic E-state index is -0.813. The summed E-state index contributed by atoms with van der Waals surface area (Å²) in [5, 5.41) is 9.89. The second-order valence-electron chi connectivity index (χ2n) is 7.85. The van der Waals surface area contributed by atoms with Crippen LogP contribution in [0.15, 0.2) is 12.1 Å². The lowest BCUT2D eigenvalue weighted by molar-refractivity contribution is -0.144. The number of piperidine rings is 1. The van der Waals surface area contributed by atoms with Gasteiger partial charge < -0.3 is 14.7 Å². The van der Waals surface area contributed by atoms with Crippen molar-refractivity contribution in [1.29, 1.82) is 0 Å². The van der Waals surface area contributed by atoms with Crippen LogP contribution in [0, 0.1) is 19.8 Å². The number of carbonyl (C=O) groups is 2. The van der Waals surface area contributed by atoms with Gasteiger partial charge >= 0.3 is 5.97 Å². The number of nitrogens with zero attached hydrogens (tertiary/aromatic N) is 2. The molecule has 1 aromatic carbocycles. The summed E-state index contributed by atoms with van der Waals surface area (Å²) in [5.41, 5.74) is 2.73. The molecule has 0 aromatic heterocycles. The monoisotopic (exact) mass is 374 g/mol. The SMILES string of the molecule is COc1c(C)cc([C@@H](C(=O)O)N2CCC(CN3CCCC3=O)CC2)cc1C. The molecule has 0 saturated carbocycles. The molecule has 1 amide bonds. The number of carboxylic acids is 1. The molecule has 2 heterocycles. The quantitative estimate of drug-likeness (QED) is 0.829. The van der Waals surface area contributed by atoms with Gasteiger partial charge in [-0.15, -0.1) is 0 Å². The van der Waals surface area contributed by atoms with Crippen molar-refractivity contribution in [3.63, 3.8) is 0 Å². The molecular formula is C21H30N2O4. The third-order valence-electron chi connectivity index (χ3n) is 5.90. The maximum atomic E-state index is 12.1. The van der Waals surface area contributed by atoms with E-state index in [2.05, 4.69) is 4.90 Å². The van der Waals surface area contributed by atoms with Crippen molar-refractivity contribution in [1.82, 2.24) is 9.80 Å². The minimum absolute atomic E-state index is 0.269. The molecule has 0 spiro atoms. The number of hydrogen-bond donors (Lipinski definition) is 1. The molecule has 2 aliphatic heterocycles. The molecular weight excluding hydrogens is 344 g/mol. The van der Waals surface area contributed by atoms with Crippen LogP contribution in [0.2, 0.25) is 0 Å². The van der Waals surface area contributed by atoms with Gasteiger partial charge in [-0.3, -0.25) is 14.5 Å². The summed E-state index contributed by atoms with van der Waals surface area (Å²) < 4.78 is 5.41. The van der Waals surface area contributed by atoms with E-state index in [-0.39, 0.29) is 5.91 Å². The highest BCUT2D eigenvalue weighted by atomic mass is 16.5. The molecule has 0 unspecified atom stereocenters. The van der Waals surface area contributed by atoms with Crippen molar-refractivity contribution in [3.8, 4) is 5.75 Å². The van der Waals surface area contributed by atoms with E-state index in [0.29, 0.717) is 12.3 Å². The van der Waals surface area contributed by atoms with E-state index < -0.39 is 12.0 Å². The molecule has 2 fully saturated rings. The lowest BCUT2D eigenvalue weighted by Crippen LogP contribution is -2.43. The van der Waals surface area contributed by atoms with Crippen molar-refractivity contribution in [2.24, 2.45) is 5.92 Å². The zero-order chi connectivity index (χ0) is 19.6. The Balaban J connectivity index is 1.68. The summed E-state index contributed by atoms with van der Waals surface area (Å²) in [5.74, 6) is 0.742. The summed E-state index contributed by atoms with van der Waals surface area (Å²) in [6.45, 7) is 7.09. The normalized spacial score (nSPS) is 20.1. The Labute approximate surface area is 161 Å². The van der Waals surface area contributed by atoms with Crippen LogP contribution in [0.25, 0.3) is 0 Å². The van der Waals surface area contributed by atoms with Crippen LogP contribution in [-0.2, 0) is 9.59 Å². The Hall–Kier alpha value is -2.08. The van der Waals surface area contributed by atoms with Crippen molar-refractivity contribution in [2.45, 2.75) is 45.6 Å². The van der Waals surface area contributed by atoms with Gasteiger partial charge in [0.25, 0.3) is 0 Å². The second-order valence-corrected chi connectivity index (χ2v) is 7.85. The highest BCUT2D eigenvalue weighted by Gasteiger charge is 2.33. The fraction of sp³-hybridized carbons (Fsp3) is 0.619. The Kier molecular flexibility index (Phi) is 6.05. The molecule has 0 aliphatic carbocycles. The largest absolute Gasteiger partial charge is 0.496 e. The number of carbonyl (C=O) groups excluding carboxylic acids is 1. The van der Waals surface area contributed by atoms with Gasteiger partial charge in [-0.05, 0) is 68.8 Å². The lowest BCUT2D eigenvalue weighted by Gasteiger charge is -2.37. The number of rotatable bonds is 6. The van der Waals surface area contributed by atoms with Crippen molar-refractivity contribution < 1.29 is 19.4 Å². The van der Waals surface area contributed by atoms with Crippen molar-refractivity contribution >= 4 is 11.9 Å². The molecule has 1 atom stereocenters. The van der Waals surface area contributed by atoms with E-state index in [9.17, 15) is 14.7 Å². The number of benzene rings is 1. The Morgan fingerprint density at radius 1 is 1.22 bits per heavy atom. The predicted octanol–water partition coefficient (Wildman–Crippen LogP) is 2.77. The van der Waals surface area contributed by atoms with Gasteiger partial charge in [-0.25, -0.2) is 0 Å². The van der Waals surface area contributed by atoms with Crippen LogP contribution in [0.4, 0.5) is 0 Å². The predicted molar refractivity (Wildman–Crippen MR) is 103 cm³/mol. The van der Waals surface area contributed by atoms with Gasteiger partial charge in [0.05, 0.1) is 7.11 Å². The summed E-state index contributed by atoms with van der Waals surface area (Å²) in [6, 6.07) is 3.22. The van der Waals surface area contributed by atoms with Crippen LogP contribution in [0.5, 0.6) is 5.75 Å². The Morgan fingerprint density at radius 3 is 2.33 bits per heavy atom. The van der Waals surface area contributed by atoms with Gasteiger partial charge in [0.15, 0.2) is 0 Å². The summed E-state index contributed by atoms with van der Waals surface area (Å²) >= 11 is 0. The molecule has 2 saturated heterocycles. The van der Waals surface area contributed by atoms with Crippen LogP contribution >= 0.6 is 0 Å². The number of methoxy groups -OCH3 is 1. The van der Waals surface area contributed by atoms with E-state index >= 15 is 0 Å². The van der Waals surface area contributed by atoms with Gasteiger partial charge in [-0.1, -0.05) is 12.1 Å². The molecule has 1 N–H and O–H groups in total. The first-order valence-corrected chi connectivity index (χ1v) is 9.80. The molecule has 0 bridgehead atoms. The fourth-order valence-corrected chi connectivity index (χ4v) is 4.58. The molecule has 6 heteroatoms. The van der Waals surface area contributed by atoms with Gasteiger partial charge in [-0.2, -0.15) is 0 Å². The van der Waals surface area contributed by atoms with Crippen LogP contribution in [0.1, 0.15) is 48.4 Å². The smallest absolute Gasteiger partial charge is 0.325 e. The molecule has 0 radical (unpaired) electrons. The number of aryl methyl sites for hydroxylation is 2. The van der Waals surface area contributed by atoms with Crippen LogP contribution in [-0.4, -0.2) is 60.1 Å². The first-order chi connectivity index (χ1) is 12.9. The average Bonchev–Trinajstić information content (AvgIpc) is 3.01. The third kappa shape index (κ3) is 4.26. The second kappa shape index (κ2) is 8.30. The maximum Gasteiger partial charge on any atom is 0.325 e. The highest BCUT2D eigenvalue weighted by Crippen LogP contribution is 2.32. The number of likely N-dealkylation sites (tertiary alicyclic amines) is 2. The molecule has 1 aromatic rings. The number of aliphatic carboxylic acids is 1. The first kappa shape index (κ1) is 19.7. The highest BCUT2D eigenvalue weighted by molar-refractivity contribution is 5.78. The van der Waals surface area contributed by atoms with Crippen molar-refractivity contribution in [2.75, 3.05) is 33.3 Å². The third-order valence-corrected chi connectivity index (χ3v) is 5.90. The molecule has 148 valence electrons. The molecule has 27 heavy (non-hydrogen) atoms. The van der Waals surface area contributed by atoms with Crippen LogP contribution in [0.3, 0.4) is 0 Å². The lowest BCUT2D eigenvalue weighted by atomic mass is 9.92. The summed E-state index contributed by atoms with van der Waals surface area (Å²) in [4.78, 5) is 27.9. The number of carboxylic acid groups (broad SMARTS) is 1. The maximum absolute atomic E-state index is 12.1. The summed E-state index contributed by atoms with van der Waals surface area (Å²) in [7, 11) is 1.64.